The fraction of sp³-hybridized carbons (Fsp3) is 0.533. The zero-order chi connectivity index (χ0) is 16.0. The van der Waals surface area contributed by atoms with Crippen LogP contribution in [-0.4, -0.2) is 45.4 Å². The third kappa shape index (κ3) is 5.65. The molecule has 6 nitrogen and oxygen atoms in total. The van der Waals surface area contributed by atoms with Crippen LogP contribution in [0.2, 0.25) is 0 Å². The molecule has 0 unspecified atom stereocenters. The summed E-state index contributed by atoms with van der Waals surface area (Å²) >= 11 is 0. The third-order valence-corrected chi connectivity index (χ3v) is 4.17. The highest BCUT2D eigenvalue weighted by atomic mass is 32.2. The lowest BCUT2D eigenvalue weighted by molar-refractivity contribution is 0.102. The first kappa shape index (κ1) is 16.8. The SMILES string of the molecule is CS(=O)(=O)OCC[C@@H]1CCN(C(=O)OCc2ccccc2)C1. The van der Waals surface area contributed by atoms with Gasteiger partial charge in [0.2, 0.25) is 0 Å². The average Bonchev–Trinajstić information content (AvgIpc) is 2.93. The summed E-state index contributed by atoms with van der Waals surface area (Å²) in [5.41, 5.74) is 0.952. The number of carbonyl (C=O) groups excluding carboxylic acids is 1. The minimum absolute atomic E-state index is 0.163. The van der Waals surface area contributed by atoms with Crippen LogP contribution in [0.5, 0.6) is 0 Å². The molecule has 1 heterocycles. The minimum Gasteiger partial charge on any atom is -0.445 e. The lowest BCUT2D eigenvalue weighted by Gasteiger charge is -2.16. The van der Waals surface area contributed by atoms with Crippen LogP contribution < -0.4 is 0 Å². The van der Waals surface area contributed by atoms with Crippen molar-refractivity contribution in [3.05, 3.63) is 35.9 Å². The van der Waals surface area contributed by atoms with E-state index in [2.05, 4.69) is 0 Å². The first-order valence-corrected chi connectivity index (χ1v) is 9.06. The standard InChI is InChI=1S/C15H21NO5S/c1-22(18,19)21-10-8-13-7-9-16(11-13)15(17)20-12-14-5-3-2-4-6-14/h2-6,13H,7-12H2,1H3/t13-/m0/s1. The second-order valence-corrected chi connectivity index (χ2v) is 7.10. The maximum Gasteiger partial charge on any atom is 0.410 e. The van der Waals surface area contributed by atoms with E-state index in [0.29, 0.717) is 19.5 Å². The Hall–Kier alpha value is -1.60. The molecule has 122 valence electrons. The summed E-state index contributed by atoms with van der Waals surface area (Å²) in [4.78, 5) is 13.6. The van der Waals surface area contributed by atoms with Gasteiger partial charge in [-0.15, -0.1) is 0 Å². The molecule has 0 aromatic heterocycles. The normalized spacial score (nSPS) is 18.4. The molecule has 0 spiro atoms. The smallest absolute Gasteiger partial charge is 0.410 e. The van der Waals surface area contributed by atoms with Gasteiger partial charge in [0.25, 0.3) is 10.1 Å². The molecule has 1 aliphatic heterocycles. The Morgan fingerprint density at radius 2 is 2.05 bits per heavy atom. The van der Waals surface area contributed by atoms with Crippen molar-refractivity contribution in [2.24, 2.45) is 5.92 Å². The summed E-state index contributed by atoms with van der Waals surface area (Å²) in [7, 11) is -3.39. The number of hydrogen-bond acceptors (Lipinski definition) is 5. The highest BCUT2D eigenvalue weighted by Crippen LogP contribution is 2.20. The molecule has 1 aromatic carbocycles. The summed E-state index contributed by atoms with van der Waals surface area (Å²) in [5.74, 6) is 0.256. The second-order valence-electron chi connectivity index (χ2n) is 5.46. The molecule has 0 saturated carbocycles. The molecule has 22 heavy (non-hydrogen) atoms. The number of hydrogen-bond donors (Lipinski definition) is 0. The van der Waals surface area contributed by atoms with E-state index in [1.165, 1.54) is 0 Å². The number of nitrogens with zero attached hydrogens (tertiary/aromatic N) is 1. The lowest BCUT2D eigenvalue weighted by atomic mass is 10.1. The average molecular weight is 327 g/mol. The number of amides is 1. The van der Waals surface area contributed by atoms with Gasteiger partial charge in [0.1, 0.15) is 6.61 Å². The van der Waals surface area contributed by atoms with Crippen LogP contribution >= 0.6 is 0 Å². The van der Waals surface area contributed by atoms with Crippen molar-refractivity contribution in [1.82, 2.24) is 4.90 Å². The number of carbonyl (C=O) groups is 1. The Morgan fingerprint density at radius 3 is 2.73 bits per heavy atom. The summed E-state index contributed by atoms with van der Waals surface area (Å²) in [6, 6.07) is 9.52. The van der Waals surface area contributed by atoms with Gasteiger partial charge in [0.05, 0.1) is 12.9 Å². The monoisotopic (exact) mass is 327 g/mol. The Morgan fingerprint density at radius 1 is 1.32 bits per heavy atom. The van der Waals surface area contributed by atoms with Gasteiger partial charge in [-0.25, -0.2) is 4.79 Å². The Balaban J connectivity index is 1.69. The zero-order valence-corrected chi connectivity index (χ0v) is 13.4. The van der Waals surface area contributed by atoms with Gasteiger partial charge in [-0.05, 0) is 24.3 Å². The van der Waals surface area contributed by atoms with Gasteiger partial charge in [-0.3, -0.25) is 4.18 Å². The molecule has 0 bridgehead atoms. The first-order chi connectivity index (χ1) is 10.4. The molecule has 7 heteroatoms. The second kappa shape index (κ2) is 7.60. The number of likely N-dealkylation sites (tertiary alicyclic amines) is 1. The molecule has 0 radical (unpaired) electrons. The van der Waals surface area contributed by atoms with Crippen LogP contribution in [0.15, 0.2) is 30.3 Å². The molecular formula is C15H21NO5S. The quantitative estimate of drug-likeness (QED) is 0.747. The lowest BCUT2D eigenvalue weighted by Crippen LogP contribution is -2.29. The fourth-order valence-corrected chi connectivity index (χ4v) is 2.81. The molecular weight excluding hydrogens is 306 g/mol. The topological polar surface area (TPSA) is 72.9 Å². The summed E-state index contributed by atoms with van der Waals surface area (Å²) in [6.07, 6.45) is 2.17. The molecule has 1 aliphatic rings. The van der Waals surface area contributed by atoms with E-state index >= 15 is 0 Å². The van der Waals surface area contributed by atoms with Crippen LogP contribution in [0.3, 0.4) is 0 Å². The zero-order valence-electron chi connectivity index (χ0n) is 12.6. The van der Waals surface area contributed by atoms with E-state index < -0.39 is 10.1 Å². The molecule has 1 fully saturated rings. The summed E-state index contributed by atoms with van der Waals surface area (Å²) < 4.78 is 31.8. The molecule has 0 aliphatic carbocycles. The van der Waals surface area contributed by atoms with E-state index in [1.807, 2.05) is 30.3 Å². The minimum atomic E-state index is -3.39. The third-order valence-electron chi connectivity index (χ3n) is 3.57. The van der Waals surface area contributed by atoms with Gasteiger partial charge < -0.3 is 9.64 Å². The molecule has 1 saturated heterocycles. The molecule has 1 aromatic rings. The van der Waals surface area contributed by atoms with E-state index in [9.17, 15) is 13.2 Å². The van der Waals surface area contributed by atoms with Gasteiger partial charge in [0.15, 0.2) is 0 Å². The van der Waals surface area contributed by atoms with Crippen molar-refractivity contribution in [3.63, 3.8) is 0 Å². The predicted octanol–water partition coefficient (Wildman–Crippen LogP) is 2.01. The number of ether oxygens (including phenoxy) is 1. The Bertz CT molecular complexity index is 587. The van der Waals surface area contributed by atoms with Gasteiger partial charge in [-0.2, -0.15) is 8.42 Å². The number of benzene rings is 1. The van der Waals surface area contributed by atoms with Gasteiger partial charge >= 0.3 is 6.09 Å². The maximum atomic E-state index is 12.0. The van der Waals surface area contributed by atoms with Crippen molar-refractivity contribution in [2.45, 2.75) is 19.4 Å². The number of rotatable bonds is 6. The van der Waals surface area contributed by atoms with E-state index in [0.717, 1.165) is 18.2 Å². The van der Waals surface area contributed by atoms with E-state index in [1.54, 1.807) is 4.90 Å². The molecule has 2 rings (SSSR count). The van der Waals surface area contributed by atoms with Crippen LogP contribution in [-0.2, 0) is 25.6 Å². The van der Waals surface area contributed by atoms with Crippen molar-refractivity contribution in [1.29, 1.82) is 0 Å². The Labute approximate surface area is 131 Å². The van der Waals surface area contributed by atoms with E-state index in [-0.39, 0.29) is 25.2 Å². The van der Waals surface area contributed by atoms with Gasteiger partial charge in [0, 0.05) is 13.1 Å². The Kier molecular flexibility index (Phi) is 5.79. The highest BCUT2D eigenvalue weighted by Gasteiger charge is 2.27. The predicted molar refractivity (Wildman–Crippen MR) is 81.7 cm³/mol. The van der Waals surface area contributed by atoms with Crippen LogP contribution in [0.4, 0.5) is 4.79 Å². The molecule has 1 atom stereocenters. The summed E-state index contributed by atoms with van der Waals surface area (Å²) in [6.45, 7) is 1.65. The van der Waals surface area contributed by atoms with Crippen LogP contribution in [0.1, 0.15) is 18.4 Å². The molecule has 0 N–H and O–H groups in total. The van der Waals surface area contributed by atoms with Crippen molar-refractivity contribution in [2.75, 3.05) is 26.0 Å². The largest absolute Gasteiger partial charge is 0.445 e. The van der Waals surface area contributed by atoms with E-state index in [4.69, 9.17) is 8.92 Å². The van der Waals surface area contributed by atoms with Crippen molar-refractivity contribution in [3.8, 4) is 0 Å². The first-order valence-electron chi connectivity index (χ1n) is 7.24. The van der Waals surface area contributed by atoms with Crippen molar-refractivity contribution >= 4 is 16.2 Å². The molecule has 1 amide bonds. The van der Waals surface area contributed by atoms with Crippen molar-refractivity contribution < 1.29 is 22.1 Å². The van der Waals surface area contributed by atoms with Crippen LogP contribution in [0, 0.1) is 5.92 Å². The highest BCUT2D eigenvalue weighted by molar-refractivity contribution is 7.85. The fourth-order valence-electron chi connectivity index (χ4n) is 2.41. The van der Waals surface area contributed by atoms with Gasteiger partial charge in [-0.1, -0.05) is 30.3 Å². The maximum absolute atomic E-state index is 12.0. The van der Waals surface area contributed by atoms with Crippen LogP contribution in [0.25, 0.3) is 0 Å². The summed E-state index contributed by atoms with van der Waals surface area (Å²) in [5, 5.41) is 0.